The molecule has 8 nitrogen and oxygen atoms in total. The lowest BCUT2D eigenvalue weighted by atomic mass is 10.1. The summed E-state index contributed by atoms with van der Waals surface area (Å²) in [6, 6.07) is 17.4. The van der Waals surface area contributed by atoms with E-state index in [4.69, 9.17) is 14.5 Å². The van der Waals surface area contributed by atoms with Crippen LogP contribution in [0, 0.1) is 6.92 Å². The molecule has 34 heavy (non-hydrogen) atoms. The number of benzene rings is 2. The first-order chi connectivity index (χ1) is 16.5. The molecule has 0 bridgehead atoms. The van der Waals surface area contributed by atoms with Gasteiger partial charge in [-0.3, -0.25) is 4.79 Å². The molecule has 176 valence electrons. The summed E-state index contributed by atoms with van der Waals surface area (Å²) in [5.41, 5.74) is 4.74. The third kappa shape index (κ3) is 4.60. The van der Waals surface area contributed by atoms with Crippen LogP contribution in [0.4, 0.5) is 11.6 Å². The number of hydrogen-bond acceptors (Lipinski definition) is 7. The van der Waals surface area contributed by atoms with E-state index in [1.807, 2.05) is 51.4 Å². The van der Waals surface area contributed by atoms with Gasteiger partial charge in [0, 0.05) is 37.1 Å². The third-order valence-electron chi connectivity index (χ3n) is 6.33. The Bertz CT molecular complexity index is 1150. The maximum absolute atomic E-state index is 12.6. The predicted octanol–water partition coefficient (Wildman–Crippen LogP) is 2.89. The molecule has 1 aromatic heterocycles. The van der Waals surface area contributed by atoms with Crippen LogP contribution in [0.15, 0.2) is 60.8 Å². The quantitative estimate of drug-likeness (QED) is 0.586. The van der Waals surface area contributed by atoms with E-state index < -0.39 is 0 Å². The Labute approximate surface area is 199 Å². The van der Waals surface area contributed by atoms with Crippen molar-refractivity contribution in [3.63, 3.8) is 0 Å². The maximum Gasteiger partial charge on any atom is 0.251 e. The monoisotopic (exact) mass is 459 g/mol. The number of nitrogens with one attached hydrogen (secondary N) is 2. The van der Waals surface area contributed by atoms with Crippen molar-refractivity contribution in [3.8, 4) is 11.3 Å². The molecular weight excluding hydrogens is 430 g/mol. The Hall–Kier alpha value is -3.49. The summed E-state index contributed by atoms with van der Waals surface area (Å²) in [6.07, 6.45) is 1.35. The van der Waals surface area contributed by atoms with Crippen LogP contribution < -0.4 is 15.5 Å². The summed E-state index contributed by atoms with van der Waals surface area (Å²) in [5, 5.41) is 6.43. The number of ether oxygens (including phenoxy) is 2. The van der Waals surface area contributed by atoms with Gasteiger partial charge in [-0.1, -0.05) is 29.8 Å². The standard InChI is InChI=1S/C26H29N5O3/c1-16-4-6-18(7-5-16)25(32)28-21-14-33-24-22(15-34-23(21)24)30-26-27-13-12-20(29-26)17-8-10-19(11-9-17)31(2)3/h4-13,21-24H,14-15H2,1-3H3,(H,28,32)(H,27,29,30)/t21-,22-,23+,24+/m0/s1. The first-order valence-electron chi connectivity index (χ1n) is 11.5. The minimum absolute atomic E-state index is 0.0994. The van der Waals surface area contributed by atoms with Crippen LogP contribution in [0.3, 0.4) is 0 Å². The van der Waals surface area contributed by atoms with Crippen molar-refractivity contribution in [3.05, 3.63) is 71.9 Å². The normalized spacial score (nSPS) is 23.4. The van der Waals surface area contributed by atoms with E-state index >= 15 is 0 Å². The van der Waals surface area contributed by atoms with Crippen LogP contribution in [-0.4, -0.2) is 67.5 Å². The molecule has 2 aliphatic rings. The molecule has 8 heteroatoms. The van der Waals surface area contributed by atoms with Crippen LogP contribution in [0.25, 0.3) is 11.3 Å². The number of fused-ring (bicyclic) bond motifs is 1. The molecule has 2 aromatic carbocycles. The van der Waals surface area contributed by atoms with E-state index in [0.717, 1.165) is 22.5 Å². The van der Waals surface area contributed by atoms with Crippen molar-refractivity contribution in [2.75, 3.05) is 37.5 Å². The average molecular weight is 460 g/mol. The lowest BCUT2D eigenvalue weighted by molar-refractivity contribution is 0.0652. The summed E-state index contributed by atoms with van der Waals surface area (Å²) in [7, 11) is 4.03. The summed E-state index contributed by atoms with van der Waals surface area (Å²) in [5.74, 6) is 0.407. The minimum atomic E-state index is -0.214. The largest absolute Gasteiger partial charge is 0.378 e. The number of amides is 1. The van der Waals surface area contributed by atoms with Crippen molar-refractivity contribution in [2.45, 2.75) is 31.2 Å². The van der Waals surface area contributed by atoms with Crippen molar-refractivity contribution in [2.24, 2.45) is 0 Å². The second-order valence-electron chi connectivity index (χ2n) is 9.00. The number of carbonyl (C=O) groups excluding carboxylic acids is 1. The number of aromatic nitrogens is 2. The minimum Gasteiger partial charge on any atom is -0.378 e. The van der Waals surface area contributed by atoms with Gasteiger partial charge in [0.05, 0.1) is 31.0 Å². The second-order valence-corrected chi connectivity index (χ2v) is 9.00. The first-order valence-corrected chi connectivity index (χ1v) is 11.5. The Morgan fingerprint density at radius 2 is 1.62 bits per heavy atom. The first kappa shape index (κ1) is 22.3. The number of aryl methyl sites for hydroxylation is 1. The van der Waals surface area contributed by atoms with Crippen molar-refractivity contribution < 1.29 is 14.3 Å². The highest BCUT2D eigenvalue weighted by Crippen LogP contribution is 2.29. The molecule has 1 amide bonds. The molecule has 0 radical (unpaired) electrons. The van der Waals surface area contributed by atoms with Crippen LogP contribution >= 0.6 is 0 Å². The topological polar surface area (TPSA) is 88.6 Å². The van der Waals surface area contributed by atoms with E-state index in [-0.39, 0.29) is 30.2 Å². The summed E-state index contributed by atoms with van der Waals surface area (Å²) in [6.45, 7) is 2.86. The molecule has 2 N–H and O–H groups in total. The van der Waals surface area contributed by atoms with Crippen molar-refractivity contribution >= 4 is 17.5 Å². The predicted molar refractivity (Wildman–Crippen MR) is 131 cm³/mol. The molecule has 0 spiro atoms. The maximum atomic E-state index is 12.6. The van der Waals surface area contributed by atoms with E-state index in [2.05, 4.69) is 44.8 Å². The average Bonchev–Trinajstić information content (AvgIpc) is 3.43. The zero-order valence-electron chi connectivity index (χ0n) is 19.6. The number of nitrogens with zero attached hydrogens (tertiary/aromatic N) is 3. The lowest BCUT2D eigenvalue weighted by Crippen LogP contribution is -2.44. The number of rotatable bonds is 6. The van der Waals surface area contributed by atoms with Gasteiger partial charge in [-0.05, 0) is 37.3 Å². The van der Waals surface area contributed by atoms with E-state index in [1.165, 1.54) is 0 Å². The van der Waals surface area contributed by atoms with Gasteiger partial charge in [0.15, 0.2) is 0 Å². The van der Waals surface area contributed by atoms with Gasteiger partial charge < -0.3 is 25.0 Å². The van der Waals surface area contributed by atoms with E-state index in [0.29, 0.717) is 24.7 Å². The Morgan fingerprint density at radius 3 is 2.32 bits per heavy atom. The number of anilines is 2. The van der Waals surface area contributed by atoms with Gasteiger partial charge in [-0.2, -0.15) is 0 Å². The van der Waals surface area contributed by atoms with Gasteiger partial charge in [0.25, 0.3) is 5.91 Å². The Kier molecular flexibility index (Phi) is 6.17. The molecule has 5 rings (SSSR count). The Balaban J connectivity index is 1.22. The fraction of sp³-hybridized carbons (Fsp3) is 0.346. The SMILES string of the molecule is Cc1ccc(C(=O)N[C@H]2CO[C@H]3[C@@H]2OC[C@@H]3Nc2nccc(-c3ccc(N(C)C)cc3)n2)cc1. The van der Waals surface area contributed by atoms with Crippen LogP contribution in [0.1, 0.15) is 15.9 Å². The third-order valence-corrected chi connectivity index (χ3v) is 6.33. The summed E-state index contributed by atoms with van der Waals surface area (Å²) in [4.78, 5) is 23.8. The fourth-order valence-electron chi connectivity index (χ4n) is 4.39. The van der Waals surface area contributed by atoms with Crippen molar-refractivity contribution in [1.29, 1.82) is 0 Å². The molecule has 3 heterocycles. The van der Waals surface area contributed by atoms with E-state index in [1.54, 1.807) is 6.20 Å². The molecule has 0 saturated carbocycles. The molecule has 4 atom stereocenters. The zero-order valence-corrected chi connectivity index (χ0v) is 19.6. The van der Waals surface area contributed by atoms with Gasteiger partial charge in [0.1, 0.15) is 12.2 Å². The van der Waals surface area contributed by atoms with Crippen LogP contribution in [0.5, 0.6) is 0 Å². The molecule has 0 aliphatic carbocycles. The highest BCUT2D eigenvalue weighted by atomic mass is 16.6. The van der Waals surface area contributed by atoms with Gasteiger partial charge in [-0.25, -0.2) is 9.97 Å². The van der Waals surface area contributed by atoms with Gasteiger partial charge >= 0.3 is 0 Å². The fourth-order valence-corrected chi connectivity index (χ4v) is 4.39. The lowest BCUT2D eigenvalue weighted by Gasteiger charge is -2.18. The smallest absolute Gasteiger partial charge is 0.251 e. The zero-order chi connectivity index (χ0) is 23.7. The molecule has 2 saturated heterocycles. The highest BCUT2D eigenvalue weighted by molar-refractivity contribution is 5.94. The molecular formula is C26H29N5O3. The van der Waals surface area contributed by atoms with Crippen molar-refractivity contribution in [1.82, 2.24) is 15.3 Å². The summed E-state index contributed by atoms with van der Waals surface area (Å²) < 4.78 is 12.0. The molecule has 0 unspecified atom stereocenters. The second kappa shape index (κ2) is 9.40. The molecule has 2 fully saturated rings. The van der Waals surface area contributed by atoms with E-state index in [9.17, 15) is 4.79 Å². The number of hydrogen-bond donors (Lipinski definition) is 2. The summed E-state index contributed by atoms with van der Waals surface area (Å²) >= 11 is 0. The molecule has 2 aliphatic heterocycles. The van der Waals surface area contributed by atoms with Crippen LogP contribution in [0.2, 0.25) is 0 Å². The highest BCUT2D eigenvalue weighted by Gasteiger charge is 2.48. The van der Waals surface area contributed by atoms with Crippen LogP contribution in [-0.2, 0) is 9.47 Å². The van der Waals surface area contributed by atoms with Gasteiger partial charge in [0.2, 0.25) is 5.95 Å². The molecule has 3 aromatic rings. The van der Waals surface area contributed by atoms with Gasteiger partial charge in [-0.15, -0.1) is 0 Å². The number of carbonyl (C=O) groups is 1. The Morgan fingerprint density at radius 1 is 0.941 bits per heavy atom.